The molecule has 0 spiro atoms. The zero-order chi connectivity index (χ0) is 24.6. The molecule has 0 unspecified atom stereocenters. The van der Waals surface area contributed by atoms with Crippen molar-refractivity contribution in [2.24, 2.45) is 4.99 Å². The Kier molecular flexibility index (Phi) is 7.42. The third kappa shape index (κ3) is 5.86. The lowest BCUT2D eigenvalue weighted by atomic mass is 9.99. The summed E-state index contributed by atoms with van der Waals surface area (Å²) in [4.78, 5) is 16.2. The van der Waals surface area contributed by atoms with E-state index in [4.69, 9.17) is 0 Å². The highest BCUT2D eigenvalue weighted by molar-refractivity contribution is 6.52. The lowest BCUT2D eigenvalue weighted by Crippen LogP contribution is -2.32. The van der Waals surface area contributed by atoms with E-state index in [9.17, 15) is 18.7 Å². The second kappa shape index (κ2) is 11.0. The van der Waals surface area contributed by atoms with Gasteiger partial charge < -0.3 is 4.81 Å². The number of nitrogens with zero attached hydrogens (tertiary/aromatic N) is 3. The fourth-order valence-corrected chi connectivity index (χ4v) is 3.55. The number of benzene rings is 4. The van der Waals surface area contributed by atoms with E-state index in [1.807, 2.05) is 36.4 Å². The van der Waals surface area contributed by atoms with Gasteiger partial charge in [0.15, 0.2) is 0 Å². The van der Waals surface area contributed by atoms with Crippen molar-refractivity contribution < 1.29 is 13.6 Å². The molecule has 0 aliphatic carbocycles. The molecule has 0 aromatic heterocycles. The van der Waals surface area contributed by atoms with Crippen LogP contribution in [-0.4, -0.2) is 18.0 Å². The highest BCUT2D eigenvalue weighted by Crippen LogP contribution is 2.30. The first-order valence-corrected chi connectivity index (χ1v) is 10.8. The molecule has 0 saturated heterocycles. The van der Waals surface area contributed by atoms with Gasteiger partial charge in [-0.15, -0.1) is 0 Å². The minimum absolute atomic E-state index is 0.0568. The first-order valence-electron chi connectivity index (χ1n) is 10.8. The van der Waals surface area contributed by atoms with E-state index in [0.29, 0.717) is 28.2 Å². The van der Waals surface area contributed by atoms with E-state index in [1.54, 1.807) is 60.7 Å². The van der Waals surface area contributed by atoms with Crippen molar-refractivity contribution in [3.63, 3.8) is 0 Å². The normalized spacial score (nSPS) is 11.7. The van der Waals surface area contributed by atoms with Crippen LogP contribution in [0, 0.1) is 10.1 Å². The number of hydrogen-bond donors (Lipinski definition) is 0. The summed E-state index contributed by atoms with van der Waals surface area (Å²) in [5.41, 5.74) is 2.72. The first kappa shape index (κ1) is 23.6. The molecule has 0 bridgehead atoms. The van der Waals surface area contributed by atoms with Crippen LogP contribution in [0.3, 0.4) is 0 Å². The average Bonchev–Trinajstić information content (AvgIpc) is 2.89. The van der Waals surface area contributed by atoms with Gasteiger partial charge in [0.05, 0.1) is 16.3 Å². The summed E-state index contributed by atoms with van der Waals surface area (Å²) >= 11 is 0. The van der Waals surface area contributed by atoms with Crippen molar-refractivity contribution >= 4 is 35.9 Å². The van der Waals surface area contributed by atoms with Crippen LogP contribution < -0.4 is 4.81 Å². The Morgan fingerprint density at radius 3 is 1.80 bits per heavy atom. The SMILES string of the molecule is O=[N+]([O-])c1ccc(N=C(/C=C(/c2ccccc2)N(B(F)F)c2ccccc2)c2ccccc2)cc1. The van der Waals surface area contributed by atoms with E-state index in [2.05, 4.69) is 4.99 Å². The Hall–Kier alpha value is -4.59. The smallest absolute Gasteiger partial charge is 0.325 e. The van der Waals surface area contributed by atoms with Gasteiger partial charge in [-0.3, -0.25) is 18.7 Å². The molecule has 4 aromatic carbocycles. The zero-order valence-electron chi connectivity index (χ0n) is 18.5. The highest BCUT2D eigenvalue weighted by atomic mass is 19.2. The van der Waals surface area contributed by atoms with Crippen LogP contribution in [0.15, 0.2) is 126 Å². The van der Waals surface area contributed by atoms with E-state index in [-0.39, 0.29) is 11.4 Å². The van der Waals surface area contributed by atoms with Gasteiger partial charge in [-0.1, -0.05) is 78.9 Å². The number of aliphatic imine (C=N–C) groups is 1. The standard InChI is InChI=1S/C27H20BF2N3O2/c29-28(30)32(24-14-8-3-9-15-24)27(22-12-6-2-7-13-22)20-26(21-10-4-1-5-11-21)31-23-16-18-25(19-17-23)33(34)35/h1-20H/b27-20-,31-26?. The Bertz CT molecular complexity index is 1330. The van der Waals surface area contributed by atoms with Gasteiger partial charge in [0.1, 0.15) is 0 Å². The van der Waals surface area contributed by atoms with Gasteiger partial charge in [0.2, 0.25) is 0 Å². The number of nitro benzene ring substituents is 1. The molecule has 0 amide bonds. The van der Waals surface area contributed by atoms with Gasteiger partial charge in [0.25, 0.3) is 5.69 Å². The number of hydrogen-bond acceptors (Lipinski definition) is 4. The summed E-state index contributed by atoms with van der Waals surface area (Å²) in [6.07, 6.45) is 1.62. The molecule has 0 atom stereocenters. The molecular weight excluding hydrogens is 447 g/mol. The number of anilines is 1. The molecule has 0 radical (unpaired) electrons. The van der Waals surface area contributed by atoms with E-state index >= 15 is 0 Å². The molecule has 0 N–H and O–H groups in total. The Balaban J connectivity index is 1.91. The van der Waals surface area contributed by atoms with Crippen molar-refractivity contribution in [1.82, 2.24) is 0 Å². The molecule has 4 aromatic rings. The molecular formula is C27H20BF2N3O2. The van der Waals surface area contributed by atoms with Gasteiger partial charge in [-0.25, -0.2) is 4.99 Å². The van der Waals surface area contributed by atoms with E-state index in [0.717, 1.165) is 4.81 Å². The van der Waals surface area contributed by atoms with Gasteiger partial charge in [-0.05, 0) is 35.9 Å². The largest absolute Gasteiger partial charge is 0.678 e. The maximum absolute atomic E-state index is 14.5. The fourth-order valence-electron chi connectivity index (χ4n) is 3.55. The Morgan fingerprint density at radius 1 is 0.771 bits per heavy atom. The number of non-ortho nitro benzene ring substituents is 1. The van der Waals surface area contributed by atoms with Crippen LogP contribution >= 0.6 is 0 Å². The van der Waals surface area contributed by atoms with Crippen LogP contribution in [0.5, 0.6) is 0 Å². The number of rotatable bonds is 8. The average molecular weight is 467 g/mol. The van der Waals surface area contributed by atoms with Crippen molar-refractivity contribution in [1.29, 1.82) is 0 Å². The molecule has 0 aliphatic heterocycles. The lowest BCUT2D eigenvalue weighted by Gasteiger charge is -2.26. The van der Waals surface area contributed by atoms with Crippen LogP contribution in [0.2, 0.25) is 0 Å². The quantitative estimate of drug-likeness (QED) is 0.119. The molecule has 0 heterocycles. The number of halogens is 2. The van der Waals surface area contributed by atoms with Crippen LogP contribution in [-0.2, 0) is 0 Å². The molecule has 35 heavy (non-hydrogen) atoms. The highest BCUT2D eigenvalue weighted by Gasteiger charge is 2.30. The van der Waals surface area contributed by atoms with Crippen molar-refractivity contribution in [3.05, 3.63) is 143 Å². The van der Waals surface area contributed by atoms with Crippen LogP contribution in [0.4, 0.5) is 25.7 Å². The Labute approximate surface area is 202 Å². The maximum Gasteiger partial charge on any atom is 0.678 e. The third-order valence-corrected chi connectivity index (χ3v) is 5.21. The summed E-state index contributed by atoms with van der Waals surface area (Å²) in [5, 5.41) is 11.0. The topological polar surface area (TPSA) is 58.7 Å². The fraction of sp³-hybridized carbons (Fsp3) is 0. The summed E-state index contributed by atoms with van der Waals surface area (Å²) in [7, 11) is -2.82. The van der Waals surface area contributed by atoms with Crippen LogP contribution in [0.1, 0.15) is 11.1 Å². The number of para-hydroxylation sites is 1. The summed E-state index contributed by atoms with van der Waals surface area (Å²) in [6.45, 7) is 0. The maximum atomic E-state index is 14.5. The first-order chi connectivity index (χ1) is 17.0. The molecule has 4 rings (SSSR count). The molecule has 0 fully saturated rings. The monoisotopic (exact) mass is 467 g/mol. The van der Waals surface area contributed by atoms with E-state index < -0.39 is 12.3 Å². The minimum Gasteiger partial charge on any atom is -0.325 e. The second-order valence-electron chi connectivity index (χ2n) is 7.52. The summed E-state index contributed by atoms with van der Waals surface area (Å²) in [5.74, 6) is 0. The van der Waals surface area contributed by atoms with Gasteiger partial charge in [-0.2, -0.15) is 0 Å². The predicted molar refractivity (Wildman–Crippen MR) is 137 cm³/mol. The molecule has 5 nitrogen and oxygen atoms in total. The van der Waals surface area contributed by atoms with Gasteiger partial charge >= 0.3 is 7.40 Å². The minimum atomic E-state index is -2.82. The molecule has 172 valence electrons. The van der Waals surface area contributed by atoms with Crippen LogP contribution in [0.25, 0.3) is 5.70 Å². The van der Waals surface area contributed by atoms with E-state index in [1.165, 1.54) is 24.3 Å². The zero-order valence-corrected chi connectivity index (χ0v) is 18.5. The lowest BCUT2D eigenvalue weighted by molar-refractivity contribution is -0.384. The number of nitro groups is 1. The molecule has 8 heteroatoms. The third-order valence-electron chi connectivity index (χ3n) is 5.21. The Morgan fingerprint density at radius 2 is 1.29 bits per heavy atom. The summed E-state index contributed by atoms with van der Waals surface area (Å²) in [6, 6.07) is 32.3. The summed E-state index contributed by atoms with van der Waals surface area (Å²) < 4.78 is 29.0. The molecule has 0 saturated carbocycles. The molecule has 0 aliphatic rings. The van der Waals surface area contributed by atoms with Crippen molar-refractivity contribution in [2.45, 2.75) is 0 Å². The second-order valence-corrected chi connectivity index (χ2v) is 7.52. The van der Waals surface area contributed by atoms with Crippen molar-refractivity contribution in [3.8, 4) is 0 Å². The van der Waals surface area contributed by atoms with Gasteiger partial charge in [0, 0.05) is 29.1 Å². The number of allylic oxidation sites excluding steroid dienone is 1. The van der Waals surface area contributed by atoms with Crippen molar-refractivity contribution in [2.75, 3.05) is 4.81 Å². The predicted octanol–water partition coefficient (Wildman–Crippen LogP) is 7.19.